The van der Waals surface area contributed by atoms with Crippen molar-refractivity contribution in [1.82, 2.24) is 0 Å². The van der Waals surface area contributed by atoms with Crippen LogP contribution < -0.4 is 0 Å². The van der Waals surface area contributed by atoms with Crippen LogP contribution >= 0.6 is 0 Å². The number of hydrogen-bond donors (Lipinski definition) is 1. The van der Waals surface area contributed by atoms with Crippen molar-refractivity contribution in [3.8, 4) is 0 Å². The van der Waals surface area contributed by atoms with Gasteiger partial charge in [-0.25, -0.2) is 0 Å². The minimum atomic E-state index is 0.173. The molecule has 0 bridgehead atoms. The average Bonchev–Trinajstić information content (AvgIpc) is 2.27. The van der Waals surface area contributed by atoms with Gasteiger partial charge in [-0.2, -0.15) is 0 Å². The highest BCUT2D eigenvalue weighted by molar-refractivity contribution is 5.06. The Balaban J connectivity index is 3.91. The Labute approximate surface area is 107 Å². The molecule has 0 aliphatic heterocycles. The lowest BCUT2D eigenvalue weighted by molar-refractivity contribution is 0.341. The molecule has 0 aromatic rings. The van der Waals surface area contributed by atoms with Gasteiger partial charge >= 0.3 is 0 Å². The third kappa shape index (κ3) is 10.1. The fraction of sp³-hybridized carbons (Fsp3) is 0.625. The van der Waals surface area contributed by atoms with Gasteiger partial charge in [-0.1, -0.05) is 41.9 Å². The highest BCUT2D eigenvalue weighted by atomic mass is 16.2. The van der Waals surface area contributed by atoms with E-state index in [4.69, 9.17) is 5.11 Å². The summed E-state index contributed by atoms with van der Waals surface area (Å²) in [4.78, 5) is 0. The van der Waals surface area contributed by atoms with Gasteiger partial charge in [-0.3, -0.25) is 0 Å². The van der Waals surface area contributed by atoms with Gasteiger partial charge in [0.15, 0.2) is 0 Å². The van der Waals surface area contributed by atoms with Gasteiger partial charge in [0.05, 0.1) is 6.61 Å². The lowest BCUT2D eigenvalue weighted by atomic mass is 10.0. The molecule has 0 saturated carbocycles. The maximum atomic E-state index is 8.85. The normalized spacial score (nSPS) is 12.8. The van der Waals surface area contributed by atoms with Crippen molar-refractivity contribution in [1.29, 1.82) is 0 Å². The summed E-state index contributed by atoms with van der Waals surface area (Å²) >= 11 is 0. The van der Waals surface area contributed by atoms with Gasteiger partial charge in [0.1, 0.15) is 0 Å². The molecule has 0 unspecified atom stereocenters. The molecule has 17 heavy (non-hydrogen) atoms. The fourth-order valence-corrected chi connectivity index (χ4v) is 1.75. The predicted octanol–water partition coefficient (Wildman–Crippen LogP) is 4.79. The molecule has 0 atom stereocenters. The minimum Gasteiger partial charge on any atom is -0.392 e. The zero-order valence-corrected chi connectivity index (χ0v) is 11.9. The van der Waals surface area contributed by atoms with Gasteiger partial charge < -0.3 is 5.11 Å². The largest absolute Gasteiger partial charge is 0.392 e. The zero-order valence-electron chi connectivity index (χ0n) is 11.9. The van der Waals surface area contributed by atoms with Crippen LogP contribution in [0.4, 0.5) is 0 Å². The van der Waals surface area contributed by atoms with Crippen molar-refractivity contribution < 1.29 is 5.11 Å². The van der Waals surface area contributed by atoms with E-state index in [1.54, 1.807) is 0 Å². The van der Waals surface area contributed by atoms with Crippen LogP contribution in [0.2, 0.25) is 0 Å². The third-order valence-electron chi connectivity index (χ3n) is 2.88. The smallest absolute Gasteiger partial charge is 0.0615 e. The van der Waals surface area contributed by atoms with E-state index in [1.165, 1.54) is 16.7 Å². The maximum Gasteiger partial charge on any atom is 0.0615 e. The van der Waals surface area contributed by atoms with E-state index in [-0.39, 0.29) is 6.61 Å². The summed E-state index contributed by atoms with van der Waals surface area (Å²) in [6, 6.07) is 0. The van der Waals surface area contributed by atoms with Crippen LogP contribution in [-0.4, -0.2) is 11.7 Å². The summed E-state index contributed by atoms with van der Waals surface area (Å²) in [5.74, 6) is 0. The number of hydrogen-bond acceptors (Lipinski definition) is 1. The molecule has 0 radical (unpaired) electrons. The van der Waals surface area contributed by atoms with Crippen LogP contribution in [0.5, 0.6) is 0 Å². The second-order valence-corrected chi connectivity index (χ2v) is 4.81. The lowest BCUT2D eigenvalue weighted by Gasteiger charge is -2.03. The van der Waals surface area contributed by atoms with E-state index in [2.05, 4.69) is 39.8 Å². The Hall–Kier alpha value is -0.820. The lowest BCUT2D eigenvalue weighted by Crippen LogP contribution is -1.85. The van der Waals surface area contributed by atoms with Crippen molar-refractivity contribution in [3.63, 3.8) is 0 Å². The molecule has 0 amide bonds. The summed E-state index contributed by atoms with van der Waals surface area (Å²) in [5, 5.41) is 8.85. The first kappa shape index (κ1) is 16.2. The molecule has 0 saturated heterocycles. The Bertz CT molecular complexity index is 278. The van der Waals surface area contributed by atoms with Gasteiger partial charge in [0.2, 0.25) is 0 Å². The molecule has 0 aliphatic rings. The van der Waals surface area contributed by atoms with E-state index < -0.39 is 0 Å². The van der Waals surface area contributed by atoms with E-state index in [9.17, 15) is 0 Å². The van der Waals surface area contributed by atoms with Crippen molar-refractivity contribution in [2.45, 2.75) is 59.8 Å². The molecule has 1 N–H and O–H groups in total. The van der Waals surface area contributed by atoms with Crippen molar-refractivity contribution in [2.24, 2.45) is 0 Å². The molecule has 0 aromatic heterocycles. The summed E-state index contributed by atoms with van der Waals surface area (Å²) in [6.45, 7) is 8.82. The van der Waals surface area contributed by atoms with Gasteiger partial charge in [0, 0.05) is 0 Å². The first-order chi connectivity index (χ1) is 8.10. The zero-order chi connectivity index (χ0) is 13.1. The Morgan fingerprint density at radius 1 is 0.941 bits per heavy atom. The van der Waals surface area contributed by atoms with Gasteiger partial charge in [-0.15, -0.1) is 0 Å². The van der Waals surface area contributed by atoms with Crippen molar-refractivity contribution in [3.05, 3.63) is 34.9 Å². The Morgan fingerprint density at radius 2 is 1.59 bits per heavy atom. The van der Waals surface area contributed by atoms with Crippen LogP contribution in [0.1, 0.15) is 59.8 Å². The minimum absolute atomic E-state index is 0.173. The molecular formula is C16H28O. The molecule has 0 fully saturated rings. The van der Waals surface area contributed by atoms with Crippen LogP contribution in [0.25, 0.3) is 0 Å². The van der Waals surface area contributed by atoms with Crippen molar-refractivity contribution in [2.75, 3.05) is 6.61 Å². The molecule has 0 heterocycles. The molecule has 0 aromatic carbocycles. The molecule has 0 rings (SSSR count). The van der Waals surface area contributed by atoms with Crippen molar-refractivity contribution >= 4 is 0 Å². The van der Waals surface area contributed by atoms with Crippen LogP contribution in [0.15, 0.2) is 34.9 Å². The molecule has 98 valence electrons. The first-order valence-electron chi connectivity index (χ1n) is 6.67. The number of aliphatic hydroxyl groups is 1. The van der Waals surface area contributed by atoms with Gasteiger partial charge in [-0.05, 0) is 52.9 Å². The molecule has 1 heteroatoms. The van der Waals surface area contributed by atoms with Crippen LogP contribution in [0.3, 0.4) is 0 Å². The quantitative estimate of drug-likeness (QED) is 0.601. The molecule has 1 nitrogen and oxygen atoms in total. The van der Waals surface area contributed by atoms with E-state index in [0.29, 0.717) is 0 Å². The topological polar surface area (TPSA) is 20.2 Å². The fourth-order valence-electron chi connectivity index (χ4n) is 1.75. The monoisotopic (exact) mass is 236 g/mol. The van der Waals surface area contributed by atoms with E-state index >= 15 is 0 Å². The average molecular weight is 236 g/mol. The number of allylic oxidation sites excluding steroid dienone is 5. The highest BCUT2D eigenvalue weighted by Crippen LogP contribution is 2.13. The van der Waals surface area contributed by atoms with Crippen LogP contribution in [-0.2, 0) is 0 Å². The summed E-state index contributed by atoms with van der Waals surface area (Å²) in [6.07, 6.45) is 12.1. The second-order valence-electron chi connectivity index (χ2n) is 4.81. The Morgan fingerprint density at radius 3 is 2.12 bits per heavy atom. The van der Waals surface area contributed by atoms with Crippen LogP contribution in [0, 0.1) is 0 Å². The maximum absolute atomic E-state index is 8.85. The number of rotatable bonds is 8. The summed E-state index contributed by atoms with van der Waals surface area (Å²) < 4.78 is 0. The highest BCUT2D eigenvalue weighted by Gasteiger charge is 1.94. The van der Waals surface area contributed by atoms with E-state index in [0.717, 1.165) is 32.1 Å². The summed E-state index contributed by atoms with van der Waals surface area (Å²) in [5.41, 5.74) is 4.24. The standard InChI is InChI=1S/C16H28O/c1-5-16(12-13-17)11-7-10-15(4)9-6-8-14(2)3/h8,10,12,17H,5-7,9,11,13H2,1-4H3/b15-10+,16-12-. The van der Waals surface area contributed by atoms with E-state index in [1.807, 2.05) is 6.08 Å². The first-order valence-corrected chi connectivity index (χ1v) is 6.67. The molecule has 0 spiro atoms. The van der Waals surface area contributed by atoms with Gasteiger partial charge in [0.25, 0.3) is 0 Å². The predicted molar refractivity (Wildman–Crippen MR) is 77.1 cm³/mol. The molecule has 0 aliphatic carbocycles. The molecular weight excluding hydrogens is 208 g/mol. The number of aliphatic hydroxyl groups excluding tert-OH is 1. The summed E-state index contributed by atoms with van der Waals surface area (Å²) in [7, 11) is 0. The SMILES string of the molecule is CC/C(=C/CO)CC/C=C(\C)CCC=C(C)C. The Kier molecular flexibility index (Phi) is 9.84. The second kappa shape index (κ2) is 10.3. The third-order valence-corrected chi connectivity index (χ3v) is 2.88.